The molecule has 0 aliphatic rings. The minimum absolute atomic E-state index is 0.583. The molecule has 4 aromatic rings. The lowest BCUT2D eigenvalue weighted by atomic mass is 10.1. The normalized spacial score (nSPS) is 11.2. The van der Waals surface area contributed by atoms with E-state index in [4.69, 9.17) is 4.52 Å². The Bertz CT molecular complexity index is 1000. The summed E-state index contributed by atoms with van der Waals surface area (Å²) in [5.74, 6) is 1.17. The first-order chi connectivity index (χ1) is 12.7. The molecule has 0 aliphatic heterocycles. The van der Waals surface area contributed by atoms with Gasteiger partial charge in [0.2, 0.25) is 11.7 Å². The minimum atomic E-state index is 0.583. The molecule has 0 aliphatic carbocycles. The zero-order valence-corrected chi connectivity index (χ0v) is 14.7. The fraction of sp³-hybridized carbons (Fsp3) is 0.278. The summed E-state index contributed by atoms with van der Waals surface area (Å²) in [6.45, 7) is 5.43. The van der Waals surface area contributed by atoms with Crippen LogP contribution in [0.15, 0.2) is 47.5 Å². The van der Waals surface area contributed by atoms with Crippen LogP contribution in [0.1, 0.15) is 22.8 Å². The van der Waals surface area contributed by atoms with Crippen molar-refractivity contribution < 1.29 is 4.52 Å². The van der Waals surface area contributed by atoms with E-state index in [9.17, 15) is 0 Å². The van der Waals surface area contributed by atoms with Crippen molar-refractivity contribution in [2.75, 3.05) is 0 Å². The molecule has 0 N–H and O–H groups in total. The van der Waals surface area contributed by atoms with E-state index in [2.05, 4.69) is 50.4 Å². The molecule has 26 heavy (non-hydrogen) atoms. The zero-order valence-electron chi connectivity index (χ0n) is 14.7. The Balaban J connectivity index is 1.48. The van der Waals surface area contributed by atoms with Crippen LogP contribution >= 0.6 is 0 Å². The van der Waals surface area contributed by atoms with Gasteiger partial charge < -0.3 is 4.52 Å². The predicted molar refractivity (Wildman–Crippen MR) is 94.3 cm³/mol. The number of benzene rings is 1. The van der Waals surface area contributed by atoms with Crippen molar-refractivity contribution in [1.82, 2.24) is 34.7 Å². The first kappa shape index (κ1) is 16.2. The molecule has 0 unspecified atom stereocenters. The molecule has 132 valence electrons. The van der Waals surface area contributed by atoms with Gasteiger partial charge in [-0.15, -0.1) is 0 Å². The SMILES string of the molecule is Cc1cc(C)n(Cc2cccc(-c3noc(CCn4cncn4)n3)c2)n1. The van der Waals surface area contributed by atoms with E-state index in [0.29, 0.717) is 31.2 Å². The maximum atomic E-state index is 5.36. The molecule has 0 amide bonds. The lowest BCUT2D eigenvalue weighted by molar-refractivity contribution is 0.369. The molecule has 0 atom stereocenters. The fourth-order valence-electron chi connectivity index (χ4n) is 2.85. The van der Waals surface area contributed by atoms with Gasteiger partial charge >= 0.3 is 0 Å². The Morgan fingerprint density at radius 3 is 2.85 bits per heavy atom. The molecule has 0 saturated carbocycles. The van der Waals surface area contributed by atoms with E-state index in [-0.39, 0.29) is 0 Å². The van der Waals surface area contributed by atoms with Crippen LogP contribution in [0.5, 0.6) is 0 Å². The fourth-order valence-corrected chi connectivity index (χ4v) is 2.85. The second kappa shape index (κ2) is 6.91. The van der Waals surface area contributed by atoms with Gasteiger partial charge in [-0.1, -0.05) is 23.4 Å². The molecule has 3 heterocycles. The molecule has 8 heteroatoms. The topological polar surface area (TPSA) is 87.5 Å². The van der Waals surface area contributed by atoms with Crippen LogP contribution < -0.4 is 0 Å². The van der Waals surface area contributed by atoms with Gasteiger partial charge in [0.05, 0.1) is 18.8 Å². The van der Waals surface area contributed by atoms with Crippen molar-refractivity contribution >= 4 is 0 Å². The monoisotopic (exact) mass is 349 g/mol. The van der Waals surface area contributed by atoms with Gasteiger partial charge in [0.25, 0.3) is 0 Å². The van der Waals surface area contributed by atoms with E-state index >= 15 is 0 Å². The van der Waals surface area contributed by atoms with Gasteiger partial charge in [-0.25, -0.2) is 4.98 Å². The molecule has 3 aromatic heterocycles. The summed E-state index contributed by atoms with van der Waals surface area (Å²) in [6, 6.07) is 10.2. The molecule has 4 rings (SSSR count). The van der Waals surface area contributed by atoms with Crippen molar-refractivity contribution in [1.29, 1.82) is 0 Å². The molecule has 0 fully saturated rings. The first-order valence-corrected chi connectivity index (χ1v) is 8.43. The summed E-state index contributed by atoms with van der Waals surface area (Å²) in [5.41, 5.74) is 4.24. The third-order valence-electron chi connectivity index (χ3n) is 4.11. The summed E-state index contributed by atoms with van der Waals surface area (Å²) in [6.07, 6.45) is 3.79. The van der Waals surface area contributed by atoms with Crippen molar-refractivity contribution in [3.05, 3.63) is 65.8 Å². The highest BCUT2D eigenvalue weighted by molar-refractivity contribution is 5.55. The van der Waals surface area contributed by atoms with E-state index in [0.717, 1.165) is 22.5 Å². The molecule has 0 saturated heterocycles. The number of aryl methyl sites for hydroxylation is 4. The van der Waals surface area contributed by atoms with Crippen LogP contribution in [-0.2, 0) is 19.5 Å². The van der Waals surface area contributed by atoms with Crippen LogP contribution in [0.3, 0.4) is 0 Å². The predicted octanol–water partition coefficient (Wildman–Crippen LogP) is 2.43. The quantitative estimate of drug-likeness (QED) is 0.531. The number of hydrogen-bond donors (Lipinski definition) is 0. The Morgan fingerprint density at radius 1 is 1.15 bits per heavy atom. The van der Waals surface area contributed by atoms with Crippen LogP contribution in [0.4, 0.5) is 0 Å². The largest absolute Gasteiger partial charge is 0.339 e. The average Bonchev–Trinajstić information content (AvgIpc) is 3.36. The van der Waals surface area contributed by atoms with Crippen LogP contribution in [0.25, 0.3) is 11.4 Å². The third-order valence-corrected chi connectivity index (χ3v) is 4.11. The lowest BCUT2D eigenvalue weighted by Crippen LogP contribution is -2.04. The summed E-state index contributed by atoms with van der Waals surface area (Å²) in [5, 5.41) is 12.7. The van der Waals surface area contributed by atoms with Crippen LogP contribution in [0, 0.1) is 13.8 Å². The summed E-state index contributed by atoms with van der Waals surface area (Å²) in [4.78, 5) is 8.41. The van der Waals surface area contributed by atoms with Gasteiger partial charge in [-0.2, -0.15) is 15.2 Å². The highest BCUT2D eigenvalue weighted by atomic mass is 16.5. The maximum Gasteiger partial charge on any atom is 0.228 e. The van der Waals surface area contributed by atoms with E-state index in [1.807, 2.05) is 23.7 Å². The minimum Gasteiger partial charge on any atom is -0.339 e. The maximum absolute atomic E-state index is 5.36. The zero-order chi connectivity index (χ0) is 17.9. The van der Waals surface area contributed by atoms with Crippen molar-refractivity contribution in [3.63, 3.8) is 0 Å². The Hall–Kier alpha value is -3.29. The van der Waals surface area contributed by atoms with Gasteiger partial charge in [-0.3, -0.25) is 9.36 Å². The van der Waals surface area contributed by atoms with Gasteiger partial charge in [0.15, 0.2) is 0 Å². The second-order valence-electron chi connectivity index (χ2n) is 6.21. The van der Waals surface area contributed by atoms with E-state index < -0.39 is 0 Å². The Morgan fingerprint density at radius 2 is 2.08 bits per heavy atom. The molecule has 0 bridgehead atoms. The molecule has 0 radical (unpaired) electrons. The summed E-state index contributed by atoms with van der Waals surface area (Å²) >= 11 is 0. The van der Waals surface area contributed by atoms with Gasteiger partial charge in [0, 0.05) is 17.7 Å². The number of rotatable bonds is 6. The van der Waals surface area contributed by atoms with E-state index in [1.54, 1.807) is 11.0 Å². The smallest absolute Gasteiger partial charge is 0.228 e. The van der Waals surface area contributed by atoms with Crippen molar-refractivity contribution in [2.24, 2.45) is 0 Å². The first-order valence-electron chi connectivity index (χ1n) is 8.43. The number of aromatic nitrogens is 7. The van der Waals surface area contributed by atoms with Crippen molar-refractivity contribution in [3.8, 4) is 11.4 Å². The molecular weight excluding hydrogens is 330 g/mol. The molecular formula is C18H19N7O. The van der Waals surface area contributed by atoms with Gasteiger partial charge in [-0.05, 0) is 31.5 Å². The lowest BCUT2D eigenvalue weighted by Gasteiger charge is -2.05. The number of hydrogen-bond acceptors (Lipinski definition) is 6. The molecule has 8 nitrogen and oxygen atoms in total. The Kier molecular flexibility index (Phi) is 4.30. The van der Waals surface area contributed by atoms with Crippen LogP contribution in [0.2, 0.25) is 0 Å². The molecule has 0 spiro atoms. The van der Waals surface area contributed by atoms with E-state index in [1.165, 1.54) is 6.33 Å². The Labute approximate surface area is 150 Å². The van der Waals surface area contributed by atoms with Crippen LogP contribution in [-0.4, -0.2) is 34.7 Å². The average molecular weight is 349 g/mol. The second-order valence-corrected chi connectivity index (χ2v) is 6.21. The highest BCUT2D eigenvalue weighted by Crippen LogP contribution is 2.19. The standard InChI is InChI=1S/C18H19N7O/c1-13-8-14(2)25(22-13)10-15-4-3-5-16(9-15)18-21-17(26-23-18)6-7-24-12-19-11-20-24/h3-5,8-9,11-12H,6-7,10H2,1-2H3. The summed E-state index contributed by atoms with van der Waals surface area (Å²) < 4.78 is 9.09. The third kappa shape index (κ3) is 3.53. The van der Waals surface area contributed by atoms with Gasteiger partial charge in [0.1, 0.15) is 12.7 Å². The summed E-state index contributed by atoms with van der Waals surface area (Å²) in [7, 11) is 0. The van der Waals surface area contributed by atoms with Crippen molar-refractivity contribution in [2.45, 2.75) is 33.4 Å². The number of nitrogens with zero attached hydrogens (tertiary/aromatic N) is 7. The molecule has 1 aromatic carbocycles. The highest BCUT2D eigenvalue weighted by Gasteiger charge is 2.10.